The van der Waals surface area contributed by atoms with Crippen molar-refractivity contribution in [1.82, 2.24) is 9.97 Å². The molecule has 1 aromatic carbocycles. The number of halogens is 1. The number of thioether (sulfide) groups is 1. The number of hydrogen-bond donors (Lipinski definition) is 1. The highest BCUT2D eigenvalue weighted by molar-refractivity contribution is 8.02. The fourth-order valence-electron chi connectivity index (χ4n) is 2.03. The first-order valence-electron chi connectivity index (χ1n) is 5.90. The number of aromatic amines is 1. The van der Waals surface area contributed by atoms with Crippen molar-refractivity contribution in [2.24, 2.45) is 0 Å². The van der Waals surface area contributed by atoms with Crippen molar-refractivity contribution in [1.29, 1.82) is 0 Å². The zero-order valence-corrected chi connectivity index (χ0v) is 11.6. The lowest BCUT2D eigenvalue weighted by Gasteiger charge is -2.06. The van der Waals surface area contributed by atoms with Crippen LogP contribution in [0.4, 0.5) is 0 Å². The molecule has 2 aromatic rings. The Kier molecular flexibility index (Phi) is 3.44. The number of ketones is 1. The first kappa shape index (κ1) is 12.5. The molecule has 1 aliphatic rings. The zero-order valence-electron chi connectivity index (χ0n) is 10.0. The third kappa shape index (κ3) is 2.60. The average molecular weight is 291 g/mol. The van der Waals surface area contributed by atoms with Crippen LogP contribution in [0.15, 0.2) is 36.0 Å². The van der Waals surface area contributed by atoms with E-state index in [0.717, 1.165) is 17.7 Å². The summed E-state index contributed by atoms with van der Waals surface area (Å²) in [6, 6.07) is 5.46. The lowest BCUT2D eigenvalue weighted by atomic mass is 10.0. The molecule has 0 radical (unpaired) electrons. The number of nitrogens with one attached hydrogen (secondary N) is 1. The number of hydrogen-bond acceptors (Lipinski definition) is 3. The molecule has 0 amide bonds. The minimum atomic E-state index is -0.139. The van der Waals surface area contributed by atoms with Gasteiger partial charge in [0.25, 0.3) is 0 Å². The lowest BCUT2D eigenvalue weighted by molar-refractivity contribution is 0.103. The van der Waals surface area contributed by atoms with Crippen LogP contribution in [-0.4, -0.2) is 21.5 Å². The molecule has 0 aliphatic carbocycles. The summed E-state index contributed by atoms with van der Waals surface area (Å²) in [5, 5.41) is 2.71. The van der Waals surface area contributed by atoms with E-state index in [1.165, 1.54) is 5.57 Å². The van der Waals surface area contributed by atoms with Gasteiger partial charge in [-0.2, -0.15) is 0 Å². The van der Waals surface area contributed by atoms with Gasteiger partial charge in [-0.3, -0.25) is 4.79 Å². The maximum absolute atomic E-state index is 12.2. The Labute approximate surface area is 120 Å². The van der Waals surface area contributed by atoms with E-state index in [-0.39, 0.29) is 5.78 Å². The van der Waals surface area contributed by atoms with Gasteiger partial charge in [-0.05, 0) is 41.2 Å². The van der Waals surface area contributed by atoms with E-state index in [4.69, 9.17) is 11.6 Å². The standard InChI is InChI=1S/C14H11ClN2OS/c15-12-6-10(9-1-4-19-8-9)5-11(7-12)13(18)14-16-2-3-17-14/h2-3,5-8H,1,4H2,(H,16,17). The molecule has 1 N–H and O–H groups in total. The van der Waals surface area contributed by atoms with Crippen molar-refractivity contribution < 1.29 is 4.79 Å². The number of H-pyrrole nitrogens is 1. The van der Waals surface area contributed by atoms with Gasteiger partial charge >= 0.3 is 0 Å². The van der Waals surface area contributed by atoms with E-state index in [2.05, 4.69) is 15.4 Å². The zero-order chi connectivity index (χ0) is 13.2. The third-order valence-electron chi connectivity index (χ3n) is 2.96. The molecule has 3 rings (SSSR count). The van der Waals surface area contributed by atoms with E-state index >= 15 is 0 Å². The number of benzene rings is 1. The molecule has 1 aromatic heterocycles. The van der Waals surface area contributed by atoms with E-state index in [1.54, 1.807) is 30.2 Å². The Balaban J connectivity index is 2.00. The highest BCUT2D eigenvalue weighted by Crippen LogP contribution is 2.32. The molecule has 96 valence electrons. The molecule has 2 heterocycles. The van der Waals surface area contributed by atoms with Crippen LogP contribution >= 0.6 is 23.4 Å². The largest absolute Gasteiger partial charge is 0.342 e. The Morgan fingerprint density at radius 1 is 1.37 bits per heavy atom. The number of rotatable bonds is 3. The highest BCUT2D eigenvalue weighted by Gasteiger charge is 2.15. The van der Waals surface area contributed by atoms with E-state index in [9.17, 15) is 4.79 Å². The van der Waals surface area contributed by atoms with Crippen LogP contribution in [0.1, 0.15) is 28.2 Å². The molecular weight excluding hydrogens is 280 g/mol. The number of aromatic nitrogens is 2. The maximum Gasteiger partial charge on any atom is 0.228 e. The minimum absolute atomic E-state index is 0.139. The van der Waals surface area contributed by atoms with Gasteiger partial charge in [0, 0.05) is 28.7 Å². The second-order valence-corrected chi connectivity index (χ2v) is 5.67. The van der Waals surface area contributed by atoms with Crippen LogP contribution in [0, 0.1) is 0 Å². The monoisotopic (exact) mass is 290 g/mol. The fraction of sp³-hybridized carbons (Fsp3) is 0.143. The van der Waals surface area contributed by atoms with Gasteiger partial charge in [-0.15, -0.1) is 11.8 Å². The maximum atomic E-state index is 12.2. The molecule has 0 atom stereocenters. The Bertz CT molecular complexity index is 649. The predicted octanol–water partition coefficient (Wildman–Crippen LogP) is 3.77. The molecule has 0 saturated heterocycles. The second kappa shape index (κ2) is 5.23. The molecule has 19 heavy (non-hydrogen) atoms. The van der Waals surface area contributed by atoms with E-state index < -0.39 is 0 Å². The van der Waals surface area contributed by atoms with E-state index in [0.29, 0.717) is 16.4 Å². The van der Waals surface area contributed by atoms with Crippen LogP contribution in [0.5, 0.6) is 0 Å². The van der Waals surface area contributed by atoms with Crippen LogP contribution in [-0.2, 0) is 0 Å². The third-order valence-corrected chi connectivity index (χ3v) is 4.07. The number of imidazole rings is 1. The van der Waals surface area contributed by atoms with Gasteiger partial charge in [0.15, 0.2) is 5.82 Å². The second-order valence-electron chi connectivity index (χ2n) is 4.26. The molecular formula is C14H11ClN2OS. The van der Waals surface area contributed by atoms with Crippen LogP contribution in [0.2, 0.25) is 5.02 Å². The molecule has 0 bridgehead atoms. The van der Waals surface area contributed by atoms with Gasteiger partial charge < -0.3 is 4.98 Å². The van der Waals surface area contributed by atoms with Gasteiger partial charge in [0.2, 0.25) is 5.78 Å². The molecule has 0 saturated carbocycles. The minimum Gasteiger partial charge on any atom is -0.342 e. The van der Waals surface area contributed by atoms with Gasteiger partial charge in [0.1, 0.15) is 0 Å². The fourth-order valence-corrected chi connectivity index (χ4v) is 3.18. The predicted molar refractivity (Wildman–Crippen MR) is 78.5 cm³/mol. The molecule has 0 fully saturated rings. The number of allylic oxidation sites excluding steroid dienone is 1. The van der Waals surface area contributed by atoms with Crippen molar-refractivity contribution >= 4 is 34.7 Å². The normalized spacial score (nSPS) is 14.5. The van der Waals surface area contributed by atoms with Gasteiger partial charge in [-0.25, -0.2) is 4.98 Å². The first-order chi connectivity index (χ1) is 9.24. The van der Waals surface area contributed by atoms with Gasteiger partial charge in [0.05, 0.1) is 0 Å². The lowest BCUT2D eigenvalue weighted by Crippen LogP contribution is -2.04. The Morgan fingerprint density at radius 2 is 2.26 bits per heavy atom. The Hall–Kier alpha value is -1.52. The molecule has 0 unspecified atom stereocenters. The van der Waals surface area contributed by atoms with Crippen LogP contribution in [0.3, 0.4) is 0 Å². The van der Waals surface area contributed by atoms with Crippen LogP contribution < -0.4 is 0 Å². The molecule has 5 heteroatoms. The highest BCUT2D eigenvalue weighted by atomic mass is 35.5. The van der Waals surface area contributed by atoms with Crippen LogP contribution in [0.25, 0.3) is 5.57 Å². The van der Waals surface area contributed by atoms with Crippen molar-refractivity contribution in [3.63, 3.8) is 0 Å². The summed E-state index contributed by atoms with van der Waals surface area (Å²) in [6.07, 6.45) is 4.21. The number of nitrogens with zero attached hydrogens (tertiary/aromatic N) is 1. The van der Waals surface area contributed by atoms with E-state index in [1.807, 2.05) is 12.1 Å². The average Bonchev–Trinajstić information content (AvgIpc) is 3.10. The molecule has 0 spiro atoms. The summed E-state index contributed by atoms with van der Waals surface area (Å²) in [5.74, 6) is 1.28. The first-order valence-corrected chi connectivity index (χ1v) is 7.32. The summed E-state index contributed by atoms with van der Waals surface area (Å²) in [7, 11) is 0. The molecule has 1 aliphatic heterocycles. The smallest absolute Gasteiger partial charge is 0.228 e. The topological polar surface area (TPSA) is 45.8 Å². The van der Waals surface area contributed by atoms with Gasteiger partial charge in [-0.1, -0.05) is 11.6 Å². The molecule has 3 nitrogen and oxygen atoms in total. The van der Waals surface area contributed by atoms with Crippen molar-refractivity contribution in [3.8, 4) is 0 Å². The number of carbonyl (C=O) groups excluding carboxylic acids is 1. The number of carbonyl (C=O) groups is 1. The summed E-state index contributed by atoms with van der Waals surface area (Å²) >= 11 is 7.90. The summed E-state index contributed by atoms with van der Waals surface area (Å²) in [6.45, 7) is 0. The van der Waals surface area contributed by atoms with Crippen molar-refractivity contribution in [2.75, 3.05) is 5.75 Å². The summed E-state index contributed by atoms with van der Waals surface area (Å²) in [4.78, 5) is 19.1. The summed E-state index contributed by atoms with van der Waals surface area (Å²) < 4.78 is 0. The van der Waals surface area contributed by atoms with Crippen molar-refractivity contribution in [2.45, 2.75) is 6.42 Å². The Morgan fingerprint density at radius 3 is 2.95 bits per heavy atom. The SMILES string of the molecule is O=C(c1cc(Cl)cc(C2=CSCC2)c1)c1ncc[nH]1. The van der Waals surface area contributed by atoms with Crippen molar-refractivity contribution in [3.05, 3.63) is 58.0 Å². The summed E-state index contributed by atoms with van der Waals surface area (Å²) in [5.41, 5.74) is 2.82. The quantitative estimate of drug-likeness (QED) is 0.875.